The maximum Gasteiger partial charge on any atom is 0.191 e. The summed E-state index contributed by atoms with van der Waals surface area (Å²) in [5.74, 6) is 1.49. The van der Waals surface area contributed by atoms with Crippen molar-refractivity contribution in [1.29, 1.82) is 0 Å². The normalized spacial score (nSPS) is 18.7. The van der Waals surface area contributed by atoms with Gasteiger partial charge in [-0.2, -0.15) is 0 Å². The van der Waals surface area contributed by atoms with E-state index >= 15 is 0 Å². The number of benzene rings is 2. The minimum atomic E-state index is 0.242. The van der Waals surface area contributed by atoms with Crippen molar-refractivity contribution < 1.29 is 4.74 Å². The van der Waals surface area contributed by atoms with Crippen LogP contribution in [-0.2, 0) is 0 Å². The minimum absolute atomic E-state index is 0.242. The number of hydrogen-bond acceptors (Lipinski definition) is 4. The Bertz CT molecular complexity index is 651. The Morgan fingerprint density at radius 1 is 1.21 bits per heavy atom. The van der Waals surface area contributed by atoms with Crippen molar-refractivity contribution in [3.8, 4) is 5.75 Å². The Morgan fingerprint density at radius 3 is 2.63 bits per heavy atom. The first kappa shape index (κ1) is 11.8. The van der Waals surface area contributed by atoms with E-state index in [2.05, 4.69) is 29.3 Å². The SMILES string of the molecule is COc1ccc2cc(C3CN=C(N)N3C)ccc2c1. The van der Waals surface area contributed by atoms with Gasteiger partial charge in [-0.3, -0.25) is 4.99 Å². The van der Waals surface area contributed by atoms with Crippen LogP contribution in [0, 0.1) is 0 Å². The maximum atomic E-state index is 5.82. The average molecular weight is 255 g/mol. The fourth-order valence-electron chi connectivity index (χ4n) is 2.48. The predicted molar refractivity (Wildman–Crippen MR) is 77.5 cm³/mol. The topological polar surface area (TPSA) is 50.9 Å². The molecule has 19 heavy (non-hydrogen) atoms. The molecule has 0 saturated heterocycles. The summed E-state index contributed by atoms with van der Waals surface area (Å²) < 4.78 is 5.24. The zero-order chi connectivity index (χ0) is 13.4. The molecule has 0 saturated carbocycles. The monoisotopic (exact) mass is 255 g/mol. The zero-order valence-corrected chi connectivity index (χ0v) is 11.1. The Hall–Kier alpha value is -2.23. The van der Waals surface area contributed by atoms with Crippen molar-refractivity contribution in [3.63, 3.8) is 0 Å². The summed E-state index contributed by atoms with van der Waals surface area (Å²) >= 11 is 0. The van der Waals surface area contributed by atoms with Crippen molar-refractivity contribution >= 4 is 16.7 Å². The molecule has 0 aromatic heterocycles. The molecule has 1 unspecified atom stereocenters. The van der Waals surface area contributed by atoms with Crippen LogP contribution in [0.1, 0.15) is 11.6 Å². The smallest absolute Gasteiger partial charge is 0.191 e. The number of ether oxygens (including phenoxy) is 1. The molecule has 2 aromatic carbocycles. The molecule has 2 aromatic rings. The molecule has 2 N–H and O–H groups in total. The van der Waals surface area contributed by atoms with Crippen LogP contribution in [0.2, 0.25) is 0 Å². The third kappa shape index (κ3) is 1.99. The van der Waals surface area contributed by atoms with Gasteiger partial charge in [0.05, 0.1) is 19.7 Å². The second-order valence-electron chi connectivity index (χ2n) is 4.80. The van der Waals surface area contributed by atoms with Crippen LogP contribution >= 0.6 is 0 Å². The highest BCUT2D eigenvalue weighted by molar-refractivity contribution is 5.85. The van der Waals surface area contributed by atoms with Gasteiger partial charge >= 0.3 is 0 Å². The molecule has 3 rings (SSSR count). The molecule has 0 amide bonds. The van der Waals surface area contributed by atoms with Gasteiger partial charge < -0.3 is 15.4 Å². The summed E-state index contributed by atoms with van der Waals surface area (Å²) in [6.07, 6.45) is 0. The van der Waals surface area contributed by atoms with Crippen molar-refractivity contribution in [1.82, 2.24) is 4.90 Å². The second-order valence-corrected chi connectivity index (χ2v) is 4.80. The van der Waals surface area contributed by atoms with Crippen molar-refractivity contribution in [3.05, 3.63) is 42.0 Å². The van der Waals surface area contributed by atoms with Crippen LogP contribution in [0.5, 0.6) is 5.75 Å². The molecule has 0 fully saturated rings. The number of hydrogen-bond donors (Lipinski definition) is 1. The van der Waals surface area contributed by atoms with Gasteiger partial charge in [0.15, 0.2) is 5.96 Å². The molecular formula is C15H17N3O. The van der Waals surface area contributed by atoms with E-state index in [0.29, 0.717) is 5.96 Å². The summed E-state index contributed by atoms with van der Waals surface area (Å²) in [6, 6.07) is 12.8. The predicted octanol–water partition coefficient (Wildman–Crippen LogP) is 2.15. The zero-order valence-electron chi connectivity index (χ0n) is 11.1. The van der Waals surface area contributed by atoms with E-state index in [1.54, 1.807) is 7.11 Å². The lowest BCUT2D eigenvalue weighted by Crippen LogP contribution is -2.32. The minimum Gasteiger partial charge on any atom is -0.497 e. The fourth-order valence-corrected chi connectivity index (χ4v) is 2.48. The van der Waals surface area contributed by atoms with Gasteiger partial charge in [0.25, 0.3) is 0 Å². The molecule has 4 heteroatoms. The first-order valence-electron chi connectivity index (χ1n) is 6.29. The number of likely N-dealkylation sites (N-methyl/N-ethyl adjacent to an activating group) is 1. The fraction of sp³-hybridized carbons (Fsp3) is 0.267. The summed E-state index contributed by atoms with van der Waals surface area (Å²) in [6.45, 7) is 0.726. The standard InChI is InChI=1S/C15H17N3O/c1-18-14(9-17-15(18)16)12-4-3-11-8-13(19-2)6-5-10(11)7-12/h3-8,14H,9H2,1-2H3,(H2,16,17). The molecule has 0 radical (unpaired) electrons. The summed E-state index contributed by atoms with van der Waals surface area (Å²) in [4.78, 5) is 6.30. The molecule has 1 aliphatic heterocycles. The van der Waals surface area contributed by atoms with Crippen molar-refractivity contribution in [2.24, 2.45) is 10.7 Å². The summed E-state index contributed by atoms with van der Waals surface area (Å²) in [5.41, 5.74) is 7.06. The second kappa shape index (κ2) is 4.46. The Kier molecular flexibility index (Phi) is 2.78. The summed E-state index contributed by atoms with van der Waals surface area (Å²) in [5, 5.41) is 2.38. The van der Waals surface area contributed by atoms with Crippen LogP contribution in [0.25, 0.3) is 10.8 Å². The van der Waals surface area contributed by atoms with E-state index in [-0.39, 0.29) is 6.04 Å². The van der Waals surface area contributed by atoms with Gasteiger partial charge in [0.2, 0.25) is 0 Å². The highest BCUT2D eigenvalue weighted by Gasteiger charge is 2.23. The molecule has 0 aliphatic carbocycles. The van der Waals surface area contributed by atoms with E-state index in [0.717, 1.165) is 12.3 Å². The first-order valence-corrected chi connectivity index (χ1v) is 6.29. The van der Waals surface area contributed by atoms with E-state index in [4.69, 9.17) is 10.5 Å². The molecule has 0 spiro atoms. The molecule has 1 aliphatic rings. The van der Waals surface area contributed by atoms with Crippen LogP contribution in [0.4, 0.5) is 0 Å². The van der Waals surface area contributed by atoms with Crippen LogP contribution in [0.15, 0.2) is 41.4 Å². The number of fused-ring (bicyclic) bond motifs is 1. The van der Waals surface area contributed by atoms with Crippen LogP contribution < -0.4 is 10.5 Å². The lowest BCUT2D eigenvalue weighted by atomic mass is 10.0. The average Bonchev–Trinajstić information content (AvgIpc) is 2.78. The Labute approximate surface area is 112 Å². The van der Waals surface area contributed by atoms with Crippen LogP contribution in [0.3, 0.4) is 0 Å². The van der Waals surface area contributed by atoms with Crippen LogP contribution in [-0.4, -0.2) is 31.6 Å². The Balaban J connectivity index is 1.99. The van der Waals surface area contributed by atoms with Crippen molar-refractivity contribution in [2.75, 3.05) is 20.7 Å². The van der Waals surface area contributed by atoms with E-state index in [9.17, 15) is 0 Å². The number of methoxy groups -OCH3 is 1. The van der Waals surface area contributed by atoms with E-state index in [1.165, 1.54) is 16.3 Å². The molecule has 0 bridgehead atoms. The Morgan fingerprint density at radius 2 is 1.95 bits per heavy atom. The lowest BCUT2D eigenvalue weighted by molar-refractivity contribution is 0.414. The number of nitrogens with zero attached hydrogens (tertiary/aromatic N) is 2. The van der Waals surface area contributed by atoms with E-state index in [1.807, 2.05) is 24.1 Å². The van der Waals surface area contributed by atoms with Gasteiger partial charge in [0.1, 0.15) is 5.75 Å². The van der Waals surface area contributed by atoms with Crippen molar-refractivity contribution in [2.45, 2.75) is 6.04 Å². The quantitative estimate of drug-likeness (QED) is 0.894. The molecule has 1 atom stereocenters. The third-order valence-electron chi connectivity index (χ3n) is 3.71. The van der Waals surface area contributed by atoms with E-state index < -0.39 is 0 Å². The molecule has 4 nitrogen and oxygen atoms in total. The van der Waals surface area contributed by atoms with Gasteiger partial charge in [-0.1, -0.05) is 18.2 Å². The van der Waals surface area contributed by atoms with Gasteiger partial charge in [-0.25, -0.2) is 0 Å². The van der Waals surface area contributed by atoms with Gasteiger partial charge in [0, 0.05) is 7.05 Å². The molecule has 98 valence electrons. The number of nitrogens with two attached hydrogens (primary N) is 1. The lowest BCUT2D eigenvalue weighted by Gasteiger charge is -2.21. The third-order valence-corrected chi connectivity index (χ3v) is 3.71. The molecule has 1 heterocycles. The number of rotatable bonds is 2. The first-order chi connectivity index (χ1) is 9.19. The maximum absolute atomic E-state index is 5.82. The number of guanidine groups is 1. The number of aliphatic imine (C=N–C) groups is 1. The largest absolute Gasteiger partial charge is 0.497 e. The molecular weight excluding hydrogens is 238 g/mol. The highest BCUT2D eigenvalue weighted by Crippen LogP contribution is 2.28. The summed E-state index contributed by atoms with van der Waals surface area (Å²) in [7, 11) is 3.66. The highest BCUT2D eigenvalue weighted by atomic mass is 16.5. The van der Waals surface area contributed by atoms with Gasteiger partial charge in [-0.05, 0) is 34.5 Å². The van der Waals surface area contributed by atoms with Gasteiger partial charge in [-0.15, -0.1) is 0 Å².